The van der Waals surface area contributed by atoms with E-state index < -0.39 is 5.97 Å². The van der Waals surface area contributed by atoms with Gasteiger partial charge in [-0.2, -0.15) is 0 Å². The third kappa shape index (κ3) is 5.49. The van der Waals surface area contributed by atoms with E-state index in [9.17, 15) is 9.59 Å². The van der Waals surface area contributed by atoms with E-state index in [1.807, 2.05) is 41.9 Å². The first-order valence-electron chi connectivity index (χ1n) is 10.8. The summed E-state index contributed by atoms with van der Waals surface area (Å²) in [4.78, 5) is 36.1. The Morgan fingerprint density at radius 2 is 1.83 bits per heavy atom. The highest BCUT2D eigenvalue weighted by molar-refractivity contribution is 7.98. The maximum atomic E-state index is 13.3. The minimum atomic E-state index is -0.977. The van der Waals surface area contributed by atoms with Crippen LogP contribution < -0.4 is 10.6 Å². The molecular weight excluding hydrogens is 464 g/mol. The summed E-state index contributed by atoms with van der Waals surface area (Å²) in [5.74, 6) is 0.101. The maximum absolute atomic E-state index is 13.3. The molecule has 9 nitrogen and oxygen atoms in total. The number of carbonyl (C=O) groups is 2. The van der Waals surface area contributed by atoms with E-state index in [1.165, 1.54) is 11.1 Å². The fourth-order valence-corrected chi connectivity index (χ4v) is 4.45. The van der Waals surface area contributed by atoms with Crippen LogP contribution in [0.2, 0.25) is 0 Å². The Bertz CT molecular complexity index is 1390. The molecule has 178 valence electrons. The summed E-state index contributed by atoms with van der Waals surface area (Å²) in [5.41, 5.74) is 8.38. The second-order valence-corrected chi connectivity index (χ2v) is 8.87. The number of imidazole rings is 1. The van der Waals surface area contributed by atoms with Crippen molar-refractivity contribution in [1.82, 2.24) is 14.5 Å². The van der Waals surface area contributed by atoms with E-state index in [0.29, 0.717) is 33.7 Å². The molecule has 0 aliphatic rings. The lowest BCUT2D eigenvalue weighted by molar-refractivity contribution is -0.136. The lowest BCUT2D eigenvalue weighted by Crippen LogP contribution is -2.33. The number of carboxylic acid groups (broad SMARTS) is 1. The zero-order valence-corrected chi connectivity index (χ0v) is 19.8. The molecule has 0 aliphatic heterocycles. The van der Waals surface area contributed by atoms with Crippen molar-refractivity contribution in [2.24, 2.45) is 12.8 Å². The molecule has 0 atom stereocenters. The highest BCUT2D eigenvalue weighted by atomic mass is 32.2. The zero-order valence-electron chi connectivity index (χ0n) is 19.0. The number of nitrogen functional groups attached to an aromatic ring is 1. The van der Waals surface area contributed by atoms with Crippen LogP contribution >= 0.6 is 11.8 Å². The number of benzene rings is 2. The minimum Gasteiger partial charge on any atom is -0.481 e. The molecule has 0 radical (unpaired) electrons. The maximum Gasteiger partial charge on any atom is 0.305 e. The van der Waals surface area contributed by atoms with Gasteiger partial charge in [0.1, 0.15) is 17.2 Å². The molecule has 2 aromatic carbocycles. The van der Waals surface area contributed by atoms with Crippen LogP contribution in [0.5, 0.6) is 0 Å². The Morgan fingerprint density at radius 3 is 2.49 bits per heavy atom. The first-order valence-corrected chi connectivity index (χ1v) is 11.8. The van der Waals surface area contributed by atoms with Gasteiger partial charge in [0.15, 0.2) is 5.65 Å². The number of rotatable bonds is 9. The summed E-state index contributed by atoms with van der Waals surface area (Å²) in [5, 5.41) is 16.6. The number of para-hydroxylation sites is 1. The zero-order chi connectivity index (χ0) is 24.9. The Balaban J connectivity index is 1.56. The normalized spacial score (nSPS) is 10.9. The summed E-state index contributed by atoms with van der Waals surface area (Å²) in [7, 11) is 1.88. The fraction of sp³-hybridized carbons (Fsp3) is 0.160. The van der Waals surface area contributed by atoms with Crippen molar-refractivity contribution in [2.75, 3.05) is 11.4 Å². The molecule has 10 heteroatoms. The predicted octanol–water partition coefficient (Wildman–Crippen LogP) is 3.67. The summed E-state index contributed by atoms with van der Waals surface area (Å²) in [6, 6.07) is 18.1. The van der Waals surface area contributed by atoms with Gasteiger partial charge in [-0.25, -0.2) is 9.97 Å². The van der Waals surface area contributed by atoms with Gasteiger partial charge in [0.2, 0.25) is 0 Å². The van der Waals surface area contributed by atoms with Crippen molar-refractivity contribution in [1.29, 1.82) is 5.41 Å². The molecule has 0 fully saturated rings. The molecule has 0 saturated carbocycles. The lowest BCUT2D eigenvalue weighted by atomic mass is 10.2. The smallest absolute Gasteiger partial charge is 0.305 e. The molecule has 0 saturated heterocycles. The molecule has 4 rings (SSSR count). The molecule has 35 heavy (non-hydrogen) atoms. The molecule has 0 spiro atoms. The molecule has 2 aromatic heterocycles. The van der Waals surface area contributed by atoms with Gasteiger partial charge in [0.05, 0.1) is 17.7 Å². The molecule has 2 heterocycles. The minimum absolute atomic E-state index is 0.0297. The van der Waals surface area contributed by atoms with E-state index in [-0.39, 0.29) is 24.7 Å². The van der Waals surface area contributed by atoms with Gasteiger partial charge in [0, 0.05) is 35.9 Å². The van der Waals surface area contributed by atoms with Gasteiger partial charge < -0.3 is 20.3 Å². The number of nitrogens with zero attached hydrogens (tertiary/aromatic N) is 4. The van der Waals surface area contributed by atoms with Crippen LogP contribution in [0.1, 0.15) is 28.2 Å². The third-order valence-corrected chi connectivity index (χ3v) is 6.45. The van der Waals surface area contributed by atoms with Gasteiger partial charge in [-0.1, -0.05) is 30.3 Å². The van der Waals surface area contributed by atoms with E-state index in [1.54, 1.807) is 42.1 Å². The van der Waals surface area contributed by atoms with Crippen LogP contribution in [0.3, 0.4) is 0 Å². The SMILES string of the molecule is Cn1c(CSc2ccc(C(=N)N)cc2)nc2cc(C(=O)N(CCC(=O)O)c3ccccc3)cnc21. The molecular formula is C25H24N6O3S. The van der Waals surface area contributed by atoms with Crippen molar-refractivity contribution < 1.29 is 14.7 Å². The van der Waals surface area contributed by atoms with Crippen molar-refractivity contribution >= 4 is 46.3 Å². The number of amidine groups is 1. The van der Waals surface area contributed by atoms with Crippen LogP contribution in [0.15, 0.2) is 71.8 Å². The first kappa shape index (κ1) is 24.0. The summed E-state index contributed by atoms with van der Waals surface area (Å²) < 4.78 is 1.89. The fourth-order valence-electron chi connectivity index (χ4n) is 3.57. The van der Waals surface area contributed by atoms with E-state index in [0.717, 1.165) is 10.7 Å². The Morgan fingerprint density at radius 1 is 1.11 bits per heavy atom. The first-order chi connectivity index (χ1) is 16.8. The second-order valence-electron chi connectivity index (χ2n) is 7.82. The third-order valence-electron chi connectivity index (χ3n) is 5.44. The Kier molecular flexibility index (Phi) is 7.11. The van der Waals surface area contributed by atoms with E-state index >= 15 is 0 Å². The quantitative estimate of drug-likeness (QED) is 0.186. The van der Waals surface area contributed by atoms with Crippen molar-refractivity contribution in [2.45, 2.75) is 17.1 Å². The number of hydrogen-bond acceptors (Lipinski definition) is 6. The Labute approximate surface area is 206 Å². The number of aromatic nitrogens is 3. The van der Waals surface area contributed by atoms with Gasteiger partial charge in [-0.3, -0.25) is 15.0 Å². The predicted molar refractivity (Wildman–Crippen MR) is 136 cm³/mol. The number of carbonyl (C=O) groups excluding carboxylic acids is 1. The van der Waals surface area contributed by atoms with Crippen molar-refractivity contribution in [3.63, 3.8) is 0 Å². The largest absolute Gasteiger partial charge is 0.481 e. The van der Waals surface area contributed by atoms with Crippen LogP contribution in [0.25, 0.3) is 11.2 Å². The molecule has 4 aromatic rings. The highest BCUT2D eigenvalue weighted by Crippen LogP contribution is 2.25. The second kappa shape index (κ2) is 10.4. The molecule has 0 unspecified atom stereocenters. The number of carboxylic acids is 1. The molecule has 0 bridgehead atoms. The van der Waals surface area contributed by atoms with Gasteiger partial charge in [-0.05, 0) is 30.3 Å². The monoisotopic (exact) mass is 488 g/mol. The number of hydrogen-bond donors (Lipinski definition) is 3. The van der Waals surface area contributed by atoms with Crippen molar-refractivity contribution in [3.8, 4) is 0 Å². The number of aryl methyl sites for hydroxylation is 1. The highest BCUT2D eigenvalue weighted by Gasteiger charge is 2.21. The average molecular weight is 489 g/mol. The van der Waals surface area contributed by atoms with Crippen LogP contribution in [-0.4, -0.2) is 43.9 Å². The molecule has 4 N–H and O–H groups in total. The number of anilines is 1. The summed E-state index contributed by atoms with van der Waals surface area (Å²) >= 11 is 1.59. The number of nitrogens with one attached hydrogen (secondary N) is 1. The van der Waals surface area contributed by atoms with Gasteiger partial charge >= 0.3 is 5.97 Å². The number of pyridine rings is 1. The van der Waals surface area contributed by atoms with Crippen molar-refractivity contribution in [3.05, 3.63) is 83.8 Å². The Hall–Kier alpha value is -4.18. The number of aliphatic carboxylic acids is 1. The number of nitrogens with two attached hydrogens (primary N) is 1. The number of amides is 1. The lowest BCUT2D eigenvalue weighted by Gasteiger charge is -2.22. The average Bonchev–Trinajstić information content (AvgIpc) is 3.18. The summed E-state index contributed by atoms with van der Waals surface area (Å²) in [6.07, 6.45) is 1.33. The van der Waals surface area contributed by atoms with Crippen LogP contribution in [0, 0.1) is 5.41 Å². The van der Waals surface area contributed by atoms with Crippen LogP contribution in [0.4, 0.5) is 5.69 Å². The summed E-state index contributed by atoms with van der Waals surface area (Å²) in [6.45, 7) is 0.0444. The van der Waals surface area contributed by atoms with Gasteiger partial charge in [0.25, 0.3) is 5.91 Å². The van der Waals surface area contributed by atoms with Crippen LogP contribution in [-0.2, 0) is 17.6 Å². The topological polar surface area (TPSA) is 138 Å². The number of fused-ring (bicyclic) bond motifs is 1. The molecule has 0 aliphatic carbocycles. The standard InChI is InChI=1S/C25H24N6O3S/c1-30-21(15-35-19-9-7-16(8-10-19)23(26)27)29-20-13-17(14-28-24(20)30)25(34)31(12-11-22(32)33)18-5-3-2-4-6-18/h2-10,13-14H,11-12,15H2,1H3,(H3,26,27)(H,32,33). The number of thioether (sulfide) groups is 1. The molecule has 1 amide bonds. The van der Waals surface area contributed by atoms with E-state index in [4.69, 9.17) is 16.2 Å². The van der Waals surface area contributed by atoms with E-state index in [2.05, 4.69) is 9.97 Å². The van der Waals surface area contributed by atoms with Gasteiger partial charge in [-0.15, -0.1) is 11.8 Å².